The summed E-state index contributed by atoms with van der Waals surface area (Å²) < 4.78 is 18.6. The molecule has 5 nitrogen and oxygen atoms in total. The van der Waals surface area contributed by atoms with Crippen molar-refractivity contribution in [1.82, 2.24) is 15.0 Å². The van der Waals surface area contributed by atoms with Crippen molar-refractivity contribution in [3.63, 3.8) is 0 Å². The predicted molar refractivity (Wildman–Crippen MR) is 91.8 cm³/mol. The molecule has 1 saturated heterocycles. The lowest BCUT2D eigenvalue weighted by atomic mass is 10.1. The fourth-order valence-corrected chi connectivity index (χ4v) is 3.73. The summed E-state index contributed by atoms with van der Waals surface area (Å²) in [4.78, 5) is 19.5. The maximum atomic E-state index is 13.3. The van der Waals surface area contributed by atoms with Crippen molar-refractivity contribution in [3.05, 3.63) is 57.3 Å². The summed E-state index contributed by atoms with van der Waals surface area (Å²) in [6, 6.07) is 8.23. The molecule has 128 valence electrons. The van der Waals surface area contributed by atoms with Crippen LogP contribution in [0.25, 0.3) is 11.4 Å². The third kappa shape index (κ3) is 3.29. The predicted octanol–water partition coefficient (Wildman–Crippen LogP) is 4.11. The van der Waals surface area contributed by atoms with Crippen LogP contribution in [0.5, 0.6) is 0 Å². The molecule has 1 fully saturated rings. The van der Waals surface area contributed by atoms with Gasteiger partial charge in [0, 0.05) is 23.4 Å². The highest BCUT2D eigenvalue weighted by molar-refractivity contribution is 7.09. The van der Waals surface area contributed by atoms with Crippen molar-refractivity contribution in [2.45, 2.75) is 18.9 Å². The molecule has 0 aliphatic carbocycles. The zero-order valence-electron chi connectivity index (χ0n) is 13.0. The smallest absolute Gasteiger partial charge is 0.232 e. The highest BCUT2D eigenvalue weighted by Crippen LogP contribution is 2.30. The van der Waals surface area contributed by atoms with E-state index in [2.05, 4.69) is 10.1 Å². The van der Waals surface area contributed by atoms with E-state index in [1.165, 1.54) is 12.1 Å². The molecule has 0 saturated carbocycles. The Morgan fingerprint density at radius 1 is 1.40 bits per heavy atom. The maximum Gasteiger partial charge on any atom is 0.232 e. The molecule has 25 heavy (non-hydrogen) atoms. The average molecular weight is 378 g/mol. The van der Waals surface area contributed by atoms with E-state index in [0.29, 0.717) is 36.8 Å². The van der Waals surface area contributed by atoms with Gasteiger partial charge in [-0.3, -0.25) is 4.79 Å². The molecule has 3 aromatic rings. The Morgan fingerprint density at radius 2 is 2.28 bits per heavy atom. The third-order valence-corrected chi connectivity index (χ3v) is 5.26. The summed E-state index contributed by atoms with van der Waals surface area (Å²) >= 11 is 7.42. The summed E-state index contributed by atoms with van der Waals surface area (Å²) in [5, 5.41) is 5.93. The van der Waals surface area contributed by atoms with Gasteiger partial charge in [-0.05, 0) is 29.6 Å². The van der Waals surface area contributed by atoms with E-state index in [4.69, 9.17) is 16.1 Å². The first-order valence-corrected chi connectivity index (χ1v) is 8.95. The largest absolute Gasteiger partial charge is 0.339 e. The van der Waals surface area contributed by atoms with Crippen LogP contribution in [-0.2, 0) is 11.3 Å². The first kappa shape index (κ1) is 16.2. The minimum Gasteiger partial charge on any atom is -0.339 e. The Kier molecular flexibility index (Phi) is 4.27. The molecule has 2 aromatic heterocycles. The SMILES string of the molecule is O=C1CC(c2nc(-c3ccc(F)c(Cl)c3)no2)CN1Cc1cccs1. The molecule has 0 spiro atoms. The fraction of sp³-hybridized carbons (Fsp3) is 0.235. The van der Waals surface area contributed by atoms with Gasteiger partial charge in [-0.15, -0.1) is 11.3 Å². The Labute approximate surface area is 152 Å². The zero-order chi connectivity index (χ0) is 17.4. The molecular weight excluding hydrogens is 365 g/mol. The van der Waals surface area contributed by atoms with Crippen molar-refractivity contribution in [3.8, 4) is 11.4 Å². The second-order valence-corrected chi connectivity index (χ2v) is 7.28. The summed E-state index contributed by atoms with van der Waals surface area (Å²) in [5.41, 5.74) is 0.571. The van der Waals surface area contributed by atoms with Crippen LogP contribution in [-0.4, -0.2) is 27.5 Å². The average Bonchev–Trinajstić information content (AvgIpc) is 3.32. The lowest BCUT2D eigenvalue weighted by Gasteiger charge is -2.14. The van der Waals surface area contributed by atoms with Gasteiger partial charge in [0.1, 0.15) is 5.82 Å². The number of halogens is 2. The normalized spacial score (nSPS) is 17.4. The number of amides is 1. The van der Waals surface area contributed by atoms with Crippen LogP contribution < -0.4 is 0 Å². The van der Waals surface area contributed by atoms with E-state index >= 15 is 0 Å². The van der Waals surface area contributed by atoms with E-state index in [0.717, 1.165) is 4.88 Å². The summed E-state index contributed by atoms with van der Waals surface area (Å²) in [5.74, 6) is 0.186. The van der Waals surface area contributed by atoms with Crippen LogP contribution in [0.3, 0.4) is 0 Å². The topological polar surface area (TPSA) is 59.2 Å². The minimum absolute atomic E-state index is 0.00187. The summed E-state index contributed by atoms with van der Waals surface area (Å²) in [6.45, 7) is 1.14. The van der Waals surface area contributed by atoms with Crippen molar-refractivity contribution >= 4 is 28.8 Å². The molecule has 1 amide bonds. The fourth-order valence-electron chi connectivity index (χ4n) is 2.83. The van der Waals surface area contributed by atoms with Gasteiger partial charge in [-0.1, -0.05) is 22.8 Å². The quantitative estimate of drug-likeness (QED) is 0.686. The van der Waals surface area contributed by atoms with Crippen LogP contribution in [0.15, 0.2) is 40.2 Å². The number of nitrogens with zero attached hydrogens (tertiary/aromatic N) is 3. The monoisotopic (exact) mass is 377 g/mol. The number of rotatable bonds is 4. The standard InChI is InChI=1S/C17H13ClFN3O2S/c18-13-6-10(3-4-14(13)19)16-20-17(24-21-16)11-7-15(23)22(8-11)9-12-2-1-5-25-12/h1-6,11H,7-9H2. The summed E-state index contributed by atoms with van der Waals surface area (Å²) in [7, 11) is 0. The molecule has 4 rings (SSSR count). The Morgan fingerprint density at radius 3 is 3.04 bits per heavy atom. The highest BCUT2D eigenvalue weighted by Gasteiger charge is 2.34. The van der Waals surface area contributed by atoms with Gasteiger partial charge in [-0.2, -0.15) is 4.98 Å². The first-order chi connectivity index (χ1) is 12.1. The van der Waals surface area contributed by atoms with Gasteiger partial charge in [0.15, 0.2) is 0 Å². The lowest BCUT2D eigenvalue weighted by molar-refractivity contribution is -0.128. The molecule has 1 aromatic carbocycles. The molecule has 1 aliphatic rings. The minimum atomic E-state index is -0.500. The number of thiophene rings is 1. The maximum absolute atomic E-state index is 13.3. The van der Waals surface area contributed by atoms with Crippen LogP contribution in [0, 0.1) is 5.82 Å². The number of hydrogen-bond donors (Lipinski definition) is 0. The van der Waals surface area contributed by atoms with Crippen LogP contribution in [0.4, 0.5) is 4.39 Å². The molecule has 8 heteroatoms. The van der Waals surface area contributed by atoms with Crippen LogP contribution >= 0.6 is 22.9 Å². The van der Waals surface area contributed by atoms with Gasteiger partial charge in [0.05, 0.1) is 17.5 Å². The van der Waals surface area contributed by atoms with Crippen molar-refractivity contribution in [1.29, 1.82) is 0 Å². The van der Waals surface area contributed by atoms with Gasteiger partial charge < -0.3 is 9.42 Å². The van der Waals surface area contributed by atoms with Gasteiger partial charge in [0.25, 0.3) is 0 Å². The van der Waals surface area contributed by atoms with Crippen LogP contribution in [0.1, 0.15) is 23.1 Å². The number of hydrogen-bond acceptors (Lipinski definition) is 5. The van der Waals surface area contributed by atoms with Gasteiger partial charge >= 0.3 is 0 Å². The second-order valence-electron chi connectivity index (χ2n) is 5.84. The van der Waals surface area contributed by atoms with Crippen LogP contribution in [0.2, 0.25) is 5.02 Å². The Bertz CT molecular complexity index is 913. The van der Waals surface area contributed by atoms with E-state index in [1.807, 2.05) is 17.5 Å². The zero-order valence-corrected chi connectivity index (χ0v) is 14.6. The number of carbonyl (C=O) groups is 1. The number of aromatic nitrogens is 2. The highest BCUT2D eigenvalue weighted by atomic mass is 35.5. The third-order valence-electron chi connectivity index (χ3n) is 4.11. The summed E-state index contributed by atoms with van der Waals surface area (Å²) in [6.07, 6.45) is 0.344. The molecule has 1 unspecified atom stereocenters. The molecule has 0 bridgehead atoms. The molecule has 0 N–H and O–H groups in total. The van der Waals surface area contributed by atoms with Crippen molar-refractivity contribution < 1.29 is 13.7 Å². The molecule has 1 aliphatic heterocycles. The van der Waals surface area contributed by atoms with E-state index < -0.39 is 5.82 Å². The Balaban J connectivity index is 1.50. The lowest BCUT2D eigenvalue weighted by Crippen LogP contribution is -2.23. The van der Waals surface area contributed by atoms with Crippen molar-refractivity contribution in [2.75, 3.05) is 6.54 Å². The Hall–Kier alpha value is -2.25. The van der Waals surface area contributed by atoms with E-state index in [9.17, 15) is 9.18 Å². The molecule has 1 atom stereocenters. The number of benzene rings is 1. The van der Waals surface area contributed by atoms with Gasteiger partial charge in [-0.25, -0.2) is 4.39 Å². The van der Waals surface area contributed by atoms with E-state index in [1.54, 1.807) is 22.3 Å². The number of carbonyl (C=O) groups excluding carboxylic acids is 1. The van der Waals surface area contributed by atoms with E-state index in [-0.39, 0.29) is 16.8 Å². The number of likely N-dealkylation sites (tertiary alicyclic amines) is 1. The molecule has 0 radical (unpaired) electrons. The molecule has 3 heterocycles. The molecular formula is C17H13ClFN3O2S. The van der Waals surface area contributed by atoms with Gasteiger partial charge in [0.2, 0.25) is 17.6 Å². The van der Waals surface area contributed by atoms with Crippen molar-refractivity contribution in [2.24, 2.45) is 0 Å². The first-order valence-electron chi connectivity index (χ1n) is 7.69. The second kappa shape index (κ2) is 6.57.